The smallest absolute Gasteiger partial charge is 0.243 e. The van der Waals surface area contributed by atoms with E-state index in [1.54, 1.807) is 37.3 Å². The number of carbonyl (C=O) groups is 2. The number of fused-ring (bicyclic) bond motifs is 1. The number of carbonyl (C=O) groups excluding carboxylic acids is 2. The lowest BCUT2D eigenvalue weighted by molar-refractivity contribution is -0.140. The Morgan fingerprint density at radius 1 is 1.00 bits per heavy atom. The van der Waals surface area contributed by atoms with E-state index >= 15 is 0 Å². The van der Waals surface area contributed by atoms with E-state index < -0.39 is 28.5 Å². The molecule has 4 rings (SSSR count). The number of amides is 2. The molecule has 0 aliphatic heterocycles. The Morgan fingerprint density at radius 3 is 2.37 bits per heavy atom. The van der Waals surface area contributed by atoms with Crippen LogP contribution in [-0.2, 0) is 26.2 Å². The second-order valence-corrected chi connectivity index (χ2v) is 12.6. The largest absolute Gasteiger partial charge is 0.352 e. The topological polar surface area (TPSA) is 86.8 Å². The van der Waals surface area contributed by atoms with Crippen LogP contribution in [0, 0.1) is 0 Å². The lowest BCUT2D eigenvalue weighted by Crippen LogP contribution is -2.52. The highest BCUT2D eigenvalue weighted by Crippen LogP contribution is 2.25. The van der Waals surface area contributed by atoms with Gasteiger partial charge in [-0.1, -0.05) is 72.4 Å². The molecular formula is C28H31Cl2N3O4S. The molecule has 3 aromatic rings. The zero-order valence-electron chi connectivity index (χ0n) is 21.4. The maximum Gasteiger partial charge on any atom is 0.243 e. The molecule has 7 nitrogen and oxygen atoms in total. The van der Waals surface area contributed by atoms with Crippen LogP contribution in [0.1, 0.15) is 38.2 Å². The van der Waals surface area contributed by atoms with Crippen LogP contribution >= 0.6 is 23.2 Å². The predicted octanol–water partition coefficient (Wildman–Crippen LogP) is 5.24. The number of nitrogens with zero attached hydrogens (tertiary/aromatic N) is 2. The first-order valence-electron chi connectivity index (χ1n) is 12.5. The predicted molar refractivity (Wildman–Crippen MR) is 151 cm³/mol. The number of benzene rings is 3. The van der Waals surface area contributed by atoms with Gasteiger partial charge in [-0.15, -0.1) is 0 Å². The van der Waals surface area contributed by atoms with E-state index in [0.29, 0.717) is 15.6 Å². The van der Waals surface area contributed by atoms with Gasteiger partial charge >= 0.3 is 0 Å². The molecule has 0 bridgehead atoms. The first kappa shape index (κ1) is 28.4. The van der Waals surface area contributed by atoms with Gasteiger partial charge in [0, 0.05) is 29.7 Å². The molecule has 0 aromatic heterocycles. The number of halogens is 2. The molecule has 1 aliphatic rings. The third kappa shape index (κ3) is 6.49. The molecule has 1 atom stereocenters. The van der Waals surface area contributed by atoms with Crippen molar-refractivity contribution in [1.29, 1.82) is 0 Å². The van der Waals surface area contributed by atoms with Gasteiger partial charge in [-0.05, 0) is 60.4 Å². The molecule has 1 fully saturated rings. The zero-order valence-corrected chi connectivity index (χ0v) is 23.7. The van der Waals surface area contributed by atoms with Crippen LogP contribution in [0.4, 0.5) is 0 Å². The van der Waals surface area contributed by atoms with E-state index in [1.807, 2.05) is 24.3 Å². The van der Waals surface area contributed by atoms with Crippen molar-refractivity contribution in [1.82, 2.24) is 14.5 Å². The van der Waals surface area contributed by atoms with Gasteiger partial charge in [0.05, 0.1) is 11.4 Å². The average molecular weight is 577 g/mol. The van der Waals surface area contributed by atoms with E-state index in [-0.39, 0.29) is 23.4 Å². The lowest BCUT2D eigenvalue weighted by atomic mass is 10.1. The van der Waals surface area contributed by atoms with Crippen LogP contribution in [0.2, 0.25) is 10.0 Å². The van der Waals surface area contributed by atoms with E-state index in [0.717, 1.165) is 40.8 Å². The zero-order chi connectivity index (χ0) is 27.4. The minimum atomic E-state index is -3.97. The quantitative estimate of drug-likeness (QED) is 0.378. The molecule has 3 aromatic carbocycles. The van der Waals surface area contributed by atoms with Crippen LogP contribution in [-0.4, -0.2) is 55.1 Å². The monoisotopic (exact) mass is 575 g/mol. The van der Waals surface area contributed by atoms with E-state index in [4.69, 9.17) is 23.2 Å². The van der Waals surface area contributed by atoms with Crippen LogP contribution in [0.5, 0.6) is 0 Å². The minimum absolute atomic E-state index is 0.0257. The molecule has 1 N–H and O–H groups in total. The number of nitrogens with one attached hydrogen (secondary N) is 1. The van der Waals surface area contributed by atoms with Crippen molar-refractivity contribution >= 4 is 55.8 Å². The number of sulfonamides is 1. The lowest BCUT2D eigenvalue weighted by Gasteiger charge is -2.31. The number of hydrogen-bond acceptors (Lipinski definition) is 4. The van der Waals surface area contributed by atoms with E-state index in [2.05, 4.69) is 5.32 Å². The molecule has 0 saturated heterocycles. The molecular weight excluding hydrogens is 545 g/mol. The average Bonchev–Trinajstić information content (AvgIpc) is 3.40. The molecule has 0 heterocycles. The summed E-state index contributed by atoms with van der Waals surface area (Å²) >= 11 is 12.4. The SMILES string of the molecule is C[C@@H](C(=O)NC1CCCC1)N(Cc1ccc(Cl)cc1Cl)C(=O)CN(C)S(=O)(=O)c1ccc2ccccc2c1. The maximum absolute atomic E-state index is 13.6. The van der Waals surface area contributed by atoms with Crippen LogP contribution in [0.15, 0.2) is 65.6 Å². The van der Waals surface area contributed by atoms with Gasteiger partial charge in [-0.25, -0.2) is 8.42 Å². The van der Waals surface area contributed by atoms with Gasteiger partial charge in [-0.2, -0.15) is 4.31 Å². The summed E-state index contributed by atoms with van der Waals surface area (Å²) < 4.78 is 27.7. The molecule has 10 heteroatoms. The van der Waals surface area contributed by atoms with E-state index in [9.17, 15) is 18.0 Å². The summed E-state index contributed by atoms with van der Waals surface area (Å²) in [6, 6.07) is 16.5. The van der Waals surface area contributed by atoms with Gasteiger partial charge < -0.3 is 10.2 Å². The minimum Gasteiger partial charge on any atom is -0.352 e. The van der Waals surface area contributed by atoms with Gasteiger partial charge in [0.25, 0.3) is 0 Å². The molecule has 2 amide bonds. The Morgan fingerprint density at radius 2 is 1.68 bits per heavy atom. The van der Waals surface area contributed by atoms with Gasteiger partial charge in [-0.3, -0.25) is 9.59 Å². The maximum atomic E-state index is 13.6. The Balaban J connectivity index is 1.56. The molecule has 1 aliphatic carbocycles. The summed E-state index contributed by atoms with van der Waals surface area (Å²) in [6.07, 6.45) is 3.92. The first-order chi connectivity index (χ1) is 18.1. The van der Waals surface area contributed by atoms with Gasteiger partial charge in [0.2, 0.25) is 21.8 Å². The molecule has 0 spiro atoms. The first-order valence-corrected chi connectivity index (χ1v) is 14.7. The highest BCUT2D eigenvalue weighted by molar-refractivity contribution is 7.89. The van der Waals surface area contributed by atoms with Crippen molar-refractivity contribution in [2.45, 2.75) is 56.1 Å². The van der Waals surface area contributed by atoms with Gasteiger partial charge in [0.15, 0.2) is 0 Å². The summed E-state index contributed by atoms with van der Waals surface area (Å²) in [7, 11) is -2.61. The molecule has 1 saturated carbocycles. The number of likely N-dealkylation sites (N-methyl/N-ethyl adjacent to an activating group) is 1. The van der Waals surface area contributed by atoms with Crippen molar-refractivity contribution in [3.05, 3.63) is 76.3 Å². The fraction of sp³-hybridized carbons (Fsp3) is 0.357. The Bertz CT molecular complexity index is 1440. The summed E-state index contributed by atoms with van der Waals surface area (Å²) in [5, 5.41) is 5.53. The summed E-state index contributed by atoms with van der Waals surface area (Å²) in [6.45, 7) is 1.23. The third-order valence-electron chi connectivity index (χ3n) is 7.01. The van der Waals surface area contributed by atoms with Crippen molar-refractivity contribution in [2.24, 2.45) is 0 Å². The summed E-state index contributed by atoms with van der Waals surface area (Å²) in [4.78, 5) is 28.1. The molecule has 0 unspecified atom stereocenters. The van der Waals surface area contributed by atoms with E-state index in [1.165, 1.54) is 18.0 Å². The fourth-order valence-corrected chi connectivity index (χ4v) is 6.31. The van der Waals surface area contributed by atoms with Crippen molar-refractivity contribution in [3.8, 4) is 0 Å². The summed E-state index contributed by atoms with van der Waals surface area (Å²) in [5.41, 5.74) is 0.602. The molecule has 38 heavy (non-hydrogen) atoms. The highest BCUT2D eigenvalue weighted by atomic mass is 35.5. The standard InChI is InChI=1S/C28H31Cl2N3O4S/c1-19(28(35)31-24-9-5-6-10-24)33(17-22-11-13-23(29)16-26(22)30)27(34)18-32(2)38(36,37)25-14-12-20-7-3-4-8-21(20)15-25/h3-4,7-8,11-16,19,24H,5-6,9-10,17-18H2,1-2H3,(H,31,35)/t19-/m0/s1. The number of hydrogen-bond donors (Lipinski definition) is 1. The van der Waals surface area contributed by atoms with Crippen molar-refractivity contribution in [2.75, 3.05) is 13.6 Å². The fourth-order valence-electron chi connectivity index (χ4n) is 4.68. The normalized spacial score (nSPS) is 15.1. The van der Waals surface area contributed by atoms with Gasteiger partial charge in [0.1, 0.15) is 6.04 Å². The molecule has 202 valence electrons. The molecule has 0 radical (unpaired) electrons. The second kappa shape index (κ2) is 12.0. The second-order valence-electron chi connectivity index (χ2n) is 9.69. The van der Waals surface area contributed by atoms with Crippen LogP contribution in [0.25, 0.3) is 10.8 Å². The Kier molecular flexibility index (Phi) is 8.98. The Labute approximate surface area is 233 Å². The van der Waals surface area contributed by atoms with Crippen molar-refractivity contribution < 1.29 is 18.0 Å². The van der Waals surface area contributed by atoms with Crippen molar-refractivity contribution in [3.63, 3.8) is 0 Å². The van der Waals surface area contributed by atoms with Crippen LogP contribution in [0.3, 0.4) is 0 Å². The highest BCUT2D eigenvalue weighted by Gasteiger charge is 2.32. The van der Waals surface area contributed by atoms with Crippen LogP contribution < -0.4 is 5.32 Å². The summed E-state index contributed by atoms with van der Waals surface area (Å²) in [5.74, 6) is -0.799. The third-order valence-corrected chi connectivity index (χ3v) is 9.40. The number of rotatable bonds is 9. The Hall–Kier alpha value is -2.65.